The van der Waals surface area contributed by atoms with Crippen molar-refractivity contribution in [2.24, 2.45) is 0 Å². The van der Waals surface area contributed by atoms with E-state index in [-0.39, 0.29) is 24.8 Å². The topological polar surface area (TPSA) is 65.7 Å². The van der Waals surface area contributed by atoms with Crippen LogP contribution in [0.25, 0.3) is 11.0 Å². The normalized spacial score (nSPS) is 11.0. The molecule has 0 aliphatic rings. The molecular formula is C19H18O5S. The van der Waals surface area contributed by atoms with E-state index in [9.17, 15) is 9.59 Å². The fourth-order valence-electron chi connectivity index (χ4n) is 2.54. The van der Waals surface area contributed by atoms with Gasteiger partial charge in [0.15, 0.2) is 6.61 Å². The zero-order valence-corrected chi connectivity index (χ0v) is 14.9. The molecule has 0 atom stereocenters. The number of furan rings is 1. The second-order valence-electron chi connectivity index (χ2n) is 5.46. The Kier molecular flexibility index (Phi) is 5.31. The van der Waals surface area contributed by atoms with Crippen LogP contribution in [0.15, 0.2) is 40.8 Å². The summed E-state index contributed by atoms with van der Waals surface area (Å²) in [6.07, 6.45) is 0.872. The molecule has 3 rings (SSSR count). The van der Waals surface area contributed by atoms with Crippen molar-refractivity contribution in [2.45, 2.75) is 20.0 Å². The fourth-order valence-corrected chi connectivity index (χ4v) is 3.41. The number of fused-ring (bicyclic) bond motifs is 1. The second kappa shape index (κ2) is 7.63. The molecule has 0 spiro atoms. The van der Waals surface area contributed by atoms with Gasteiger partial charge in [0.25, 0.3) is 0 Å². The number of benzene rings is 1. The maximum Gasteiger partial charge on any atom is 0.375 e. The monoisotopic (exact) mass is 358 g/mol. The van der Waals surface area contributed by atoms with Crippen LogP contribution in [0.3, 0.4) is 0 Å². The third-order valence-corrected chi connectivity index (χ3v) is 5.06. The van der Waals surface area contributed by atoms with Gasteiger partial charge in [0.1, 0.15) is 5.58 Å². The first-order chi connectivity index (χ1) is 12.1. The van der Waals surface area contributed by atoms with E-state index < -0.39 is 5.97 Å². The van der Waals surface area contributed by atoms with Crippen LogP contribution >= 0.6 is 11.3 Å². The van der Waals surface area contributed by atoms with E-state index in [1.165, 1.54) is 11.3 Å². The molecule has 0 radical (unpaired) electrons. The van der Waals surface area contributed by atoms with Gasteiger partial charge in [0.2, 0.25) is 11.5 Å². The molecule has 0 aliphatic heterocycles. The first-order valence-electron chi connectivity index (χ1n) is 7.92. The standard InChI is InChI=1S/C19H18O5S/c1-3-12-8-9-17(25-12)15(20)11-23-19(21)18-14(10-22-2)13-6-4-5-7-16(13)24-18/h4-9H,3,10-11H2,1-2H3. The molecule has 3 aromatic rings. The van der Waals surface area contributed by atoms with Crippen molar-refractivity contribution >= 4 is 34.1 Å². The first-order valence-corrected chi connectivity index (χ1v) is 8.74. The number of ether oxygens (including phenoxy) is 2. The van der Waals surface area contributed by atoms with Gasteiger partial charge in [0.05, 0.1) is 11.5 Å². The highest BCUT2D eigenvalue weighted by molar-refractivity contribution is 7.14. The number of rotatable bonds is 7. The van der Waals surface area contributed by atoms with E-state index in [2.05, 4.69) is 0 Å². The number of carbonyl (C=O) groups is 2. The quantitative estimate of drug-likeness (QED) is 0.467. The zero-order chi connectivity index (χ0) is 17.8. The number of ketones is 1. The minimum absolute atomic E-state index is 0.0799. The number of para-hydroxylation sites is 1. The SMILES string of the molecule is CCc1ccc(C(=O)COC(=O)c2oc3ccccc3c2COC)s1. The Morgan fingerprint density at radius 1 is 1.16 bits per heavy atom. The Hall–Kier alpha value is -2.44. The van der Waals surface area contributed by atoms with Crippen molar-refractivity contribution in [3.8, 4) is 0 Å². The van der Waals surface area contributed by atoms with Crippen LogP contribution in [-0.2, 0) is 22.5 Å². The Labute approximate surface area is 149 Å². The van der Waals surface area contributed by atoms with Crippen LogP contribution in [0, 0.1) is 0 Å². The zero-order valence-electron chi connectivity index (χ0n) is 14.0. The Balaban J connectivity index is 1.75. The molecule has 2 heterocycles. The van der Waals surface area contributed by atoms with Crippen molar-refractivity contribution < 1.29 is 23.5 Å². The molecule has 0 bridgehead atoms. The summed E-state index contributed by atoms with van der Waals surface area (Å²) in [6, 6.07) is 11.0. The highest BCUT2D eigenvalue weighted by atomic mass is 32.1. The van der Waals surface area contributed by atoms with E-state index in [0.29, 0.717) is 16.0 Å². The minimum atomic E-state index is -0.663. The largest absolute Gasteiger partial charge is 0.451 e. The molecule has 0 fully saturated rings. The fraction of sp³-hybridized carbons (Fsp3) is 0.263. The van der Waals surface area contributed by atoms with Gasteiger partial charge in [-0.05, 0) is 24.6 Å². The van der Waals surface area contributed by atoms with Crippen molar-refractivity contribution in [1.29, 1.82) is 0 Å². The summed E-state index contributed by atoms with van der Waals surface area (Å²) in [7, 11) is 1.54. The van der Waals surface area contributed by atoms with Gasteiger partial charge in [0, 0.05) is 22.9 Å². The molecule has 5 nitrogen and oxygen atoms in total. The summed E-state index contributed by atoms with van der Waals surface area (Å²) in [4.78, 5) is 26.3. The lowest BCUT2D eigenvalue weighted by Gasteiger charge is -2.03. The summed E-state index contributed by atoms with van der Waals surface area (Å²) in [5, 5.41) is 0.800. The van der Waals surface area contributed by atoms with E-state index in [1.54, 1.807) is 19.2 Å². The summed E-state index contributed by atoms with van der Waals surface area (Å²) in [5.41, 5.74) is 1.21. The molecule has 0 aliphatic carbocycles. The highest BCUT2D eigenvalue weighted by Gasteiger charge is 2.23. The summed E-state index contributed by atoms with van der Waals surface area (Å²) >= 11 is 1.42. The molecule has 0 saturated carbocycles. The van der Waals surface area contributed by atoms with E-state index in [1.807, 2.05) is 31.2 Å². The summed E-state index contributed by atoms with van der Waals surface area (Å²) in [6.45, 7) is 1.94. The number of carbonyl (C=O) groups excluding carboxylic acids is 2. The maximum absolute atomic E-state index is 12.4. The Morgan fingerprint density at radius 2 is 1.96 bits per heavy atom. The average Bonchev–Trinajstić information content (AvgIpc) is 3.25. The van der Waals surface area contributed by atoms with E-state index in [4.69, 9.17) is 13.9 Å². The van der Waals surface area contributed by atoms with Crippen molar-refractivity contribution in [3.63, 3.8) is 0 Å². The third-order valence-electron chi connectivity index (χ3n) is 3.79. The molecule has 0 amide bonds. The van der Waals surface area contributed by atoms with Gasteiger partial charge in [-0.2, -0.15) is 0 Å². The Bertz CT molecular complexity index is 906. The lowest BCUT2D eigenvalue weighted by molar-refractivity contribution is 0.0442. The molecule has 2 aromatic heterocycles. The van der Waals surface area contributed by atoms with Gasteiger partial charge in [-0.1, -0.05) is 25.1 Å². The number of methoxy groups -OCH3 is 1. The van der Waals surface area contributed by atoms with Crippen LogP contribution in [0.5, 0.6) is 0 Å². The van der Waals surface area contributed by atoms with E-state index in [0.717, 1.165) is 16.7 Å². The van der Waals surface area contributed by atoms with Crippen LogP contribution in [0.2, 0.25) is 0 Å². The van der Waals surface area contributed by atoms with E-state index >= 15 is 0 Å². The van der Waals surface area contributed by atoms with Crippen LogP contribution in [0.1, 0.15) is 37.6 Å². The second-order valence-corrected chi connectivity index (χ2v) is 6.63. The van der Waals surface area contributed by atoms with Crippen molar-refractivity contribution in [3.05, 3.63) is 57.5 Å². The first kappa shape index (κ1) is 17.4. The van der Waals surface area contributed by atoms with Gasteiger partial charge in [-0.25, -0.2) is 4.79 Å². The van der Waals surface area contributed by atoms with Crippen LogP contribution < -0.4 is 0 Å². The number of thiophene rings is 1. The number of aryl methyl sites for hydroxylation is 1. The third kappa shape index (κ3) is 3.65. The summed E-state index contributed by atoms with van der Waals surface area (Å²) < 4.78 is 15.9. The predicted octanol–water partition coefficient (Wildman–Crippen LogP) is 4.24. The molecule has 130 valence electrons. The lowest BCUT2D eigenvalue weighted by atomic mass is 10.1. The molecule has 25 heavy (non-hydrogen) atoms. The van der Waals surface area contributed by atoms with Gasteiger partial charge in [-0.3, -0.25) is 4.79 Å². The predicted molar refractivity (Wildman–Crippen MR) is 95.2 cm³/mol. The number of hydrogen-bond donors (Lipinski definition) is 0. The maximum atomic E-state index is 12.4. The van der Waals surface area contributed by atoms with Crippen molar-refractivity contribution in [2.75, 3.05) is 13.7 Å². The average molecular weight is 358 g/mol. The molecule has 0 unspecified atom stereocenters. The van der Waals surface area contributed by atoms with Crippen molar-refractivity contribution in [1.82, 2.24) is 0 Å². The summed E-state index contributed by atoms with van der Waals surface area (Å²) in [5.74, 6) is -0.803. The number of hydrogen-bond acceptors (Lipinski definition) is 6. The van der Waals surface area contributed by atoms with Gasteiger partial charge < -0.3 is 13.9 Å². The van der Waals surface area contributed by atoms with Gasteiger partial charge >= 0.3 is 5.97 Å². The molecule has 6 heteroatoms. The highest BCUT2D eigenvalue weighted by Crippen LogP contribution is 2.27. The minimum Gasteiger partial charge on any atom is -0.451 e. The van der Waals surface area contributed by atoms with Gasteiger partial charge in [-0.15, -0.1) is 11.3 Å². The van der Waals surface area contributed by atoms with Crippen LogP contribution in [0.4, 0.5) is 0 Å². The molecule has 0 saturated heterocycles. The number of esters is 1. The molecular weight excluding hydrogens is 340 g/mol. The van der Waals surface area contributed by atoms with Crippen LogP contribution in [-0.4, -0.2) is 25.5 Å². The molecule has 1 aromatic carbocycles. The Morgan fingerprint density at radius 3 is 2.68 bits per heavy atom. The number of Topliss-reactive ketones (excluding diaryl/α,β-unsaturated/α-hetero) is 1. The molecule has 0 N–H and O–H groups in total. The smallest absolute Gasteiger partial charge is 0.375 e. The lowest BCUT2D eigenvalue weighted by Crippen LogP contribution is -2.14.